The fourth-order valence-electron chi connectivity index (χ4n) is 4.67. The van der Waals surface area contributed by atoms with Crippen LogP contribution in [0.1, 0.15) is 23.5 Å². The normalized spacial score (nSPS) is 12.9. The van der Waals surface area contributed by atoms with Gasteiger partial charge in [0.15, 0.2) is 0 Å². The Balaban J connectivity index is 1.51. The zero-order chi connectivity index (χ0) is 28.6. The molecule has 2 aromatic rings. The Morgan fingerprint density at radius 1 is 0.974 bits per heavy atom. The van der Waals surface area contributed by atoms with Gasteiger partial charge in [0.2, 0.25) is 11.8 Å². The number of carbonyl (C=O) groups excluding carboxylic acids is 4. The molecule has 3 amide bonds. The molecule has 1 unspecified atom stereocenters. The number of hydrogen-bond donors (Lipinski definition) is 2. The standard InChI is InChI=1S/C29H37N3O6Si/c1-6-11-25(28(35)37-2)32(19-39(3,4)5)27(34)17-30-26(33)16-31-29(36)38-18-24-22-14-9-7-12-20(22)21-13-8-10-15-23(21)24/h6-10,12-15,24-25H,1,11,16-19H2,2-5H3,(H,30,33)(H,31,36). The summed E-state index contributed by atoms with van der Waals surface area (Å²) in [6, 6.07) is 15.2. The van der Waals surface area contributed by atoms with Gasteiger partial charge < -0.3 is 25.0 Å². The number of fused-ring (bicyclic) bond motifs is 3. The Hall–Kier alpha value is -3.92. The van der Waals surface area contributed by atoms with E-state index in [0.29, 0.717) is 6.17 Å². The molecule has 0 spiro atoms. The molecule has 9 nitrogen and oxygen atoms in total. The molecule has 2 aromatic carbocycles. The minimum atomic E-state index is -1.81. The van der Waals surface area contributed by atoms with Gasteiger partial charge >= 0.3 is 12.1 Å². The zero-order valence-corrected chi connectivity index (χ0v) is 24.0. The fraction of sp³-hybridized carbons (Fsp3) is 0.379. The first kappa shape index (κ1) is 29.6. The number of nitrogens with one attached hydrogen (secondary N) is 2. The average molecular weight is 552 g/mol. The van der Waals surface area contributed by atoms with Crippen LogP contribution in [0.5, 0.6) is 0 Å². The molecule has 3 rings (SSSR count). The summed E-state index contributed by atoms with van der Waals surface area (Å²) in [5.74, 6) is -1.60. The van der Waals surface area contributed by atoms with E-state index in [4.69, 9.17) is 9.47 Å². The maximum atomic E-state index is 13.0. The van der Waals surface area contributed by atoms with Gasteiger partial charge in [0, 0.05) is 12.1 Å². The van der Waals surface area contributed by atoms with E-state index in [2.05, 4.69) is 49.0 Å². The van der Waals surface area contributed by atoms with Crippen LogP contribution in [0.2, 0.25) is 19.6 Å². The van der Waals surface area contributed by atoms with Crippen molar-refractivity contribution in [2.75, 3.05) is 33.0 Å². The molecule has 0 aromatic heterocycles. The van der Waals surface area contributed by atoms with Crippen LogP contribution < -0.4 is 10.6 Å². The van der Waals surface area contributed by atoms with Gasteiger partial charge in [-0.3, -0.25) is 9.59 Å². The molecule has 39 heavy (non-hydrogen) atoms. The van der Waals surface area contributed by atoms with Crippen LogP contribution in [0, 0.1) is 0 Å². The number of esters is 1. The lowest BCUT2D eigenvalue weighted by molar-refractivity contribution is -0.151. The van der Waals surface area contributed by atoms with Gasteiger partial charge in [0.25, 0.3) is 0 Å². The lowest BCUT2D eigenvalue weighted by Crippen LogP contribution is -2.54. The summed E-state index contributed by atoms with van der Waals surface area (Å²) < 4.78 is 10.3. The predicted octanol–water partition coefficient (Wildman–Crippen LogP) is 3.47. The summed E-state index contributed by atoms with van der Waals surface area (Å²) in [5, 5.41) is 4.96. The van der Waals surface area contributed by atoms with E-state index in [1.54, 1.807) is 6.08 Å². The second kappa shape index (κ2) is 13.2. The molecule has 2 N–H and O–H groups in total. The summed E-state index contributed by atoms with van der Waals surface area (Å²) in [6.07, 6.45) is 1.48. The summed E-state index contributed by atoms with van der Waals surface area (Å²) in [6.45, 7) is 9.36. The molecule has 1 aliphatic rings. The molecule has 0 heterocycles. The van der Waals surface area contributed by atoms with Crippen LogP contribution in [0.3, 0.4) is 0 Å². The minimum absolute atomic E-state index is 0.0923. The topological polar surface area (TPSA) is 114 Å². The third-order valence-electron chi connectivity index (χ3n) is 6.38. The number of carbonyl (C=O) groups is 4. The van der Waals surface area contributed by atoms with Crippen molar-refractivity contribution >= 4 is 32.0 Å². The van der Waals surface area contributed by atoms with E-state index in [1.165, 1.54) is 12.0 Å². The lowest BCUT2D eigenvalue weighted by atomic mass is 9.98. The van der Waals surface area contributed by atoms with Crippen LogP contribution in [0.4, 0.5) is 4.79 Å². The first-order valence-electron chi connectivity index (χ1n) is 12.9. The van der Waals surface area contributed by atoms with Crippen molar-refractivity contribution in [3.05, 3.63) is 72.3 Å². The van der Waals surface area contributed by atoms with Gasteiger partial charge in [-0.1, -0.05) is 74.2 Å². The quantitative estimate of drug-likeness (QED) is 0.237. The van der Waals surface area contributed by atoms with Crippen molar-refractivity contribution in [3.63, 3.8) is 0 Å². The van der Waals surface area contributed by atoms with Crippen molar-refractivity contribution in [2.24, 2.45) is 0 Å². The Labute approximate surface area is 230 Å². The molecule has 0 saturated carbocycles. The van der Waals surface area contributed by atoms with E-state index >= 15 is 0 Å². The van der Waals surface area contributed by atoms with E-state index in [0.717, 1.165) is 22.3 Å². The van der Waals surface area contributed by atoms with E-state index in [9.17, 15) is 19.2 Å². The van der Waals surface area contributed by atoms with Crippen LogP contribution >= 0.6 is 0 Å². The van der Waals surface area contributed by atoms with E-state index in [-0.39, 0.29) is 32.0 Å². The van der Waals surface area contributed by atoms with E-state index in [1.807, 2.05) is 36.4 Å². The maximum Gasteiger partial charge on any atom is 0.407 e. The van der Waals surface area contributed by atoms with Crippen LogP contribution in [0.15, 0.2) is 61.2 Å². The number of alkyl carbamates (subject to hydrolysis) is 1. The highest BCUT2D eigenvalue weighted by Gasteiger charge is 2.33. The summed E-state index contributed by atoms with van der Waals surface area (Å²) in [7, 11) is -0.538. The van der Waals surface area contributed by atoms with Gasteiger partial charge in [0.1, 0.15) is 19.2 Å². The number of hydrogen-bond acceptors (Lipinski definition) is 6. The minimum Gasteiger partial charge on any atom is -0.467 e. The van der Waals surface area contributed by atoms with Crippen LogP contribution in [-0.4, -0.2) is 75.9 Å². The van der Waals surface area contributed by atoms with Crippen molar-refractivity contribution in [1.29, 1.82) is 0 Å². The number of amides is 3. The van der Waals surface area contributed by atoms with Crippen LogP contribution in [0.25, 0.3) is 11.1 Å². The average Bonchev–Trinajstić information content (AvgIpc) is 3.23. The van der Waals surface area contributed by atoms with Gasteiger partial charge in [-0.15, -0.1) is 6.58 Å². The molecule has 1 atom stereocenters. The first-order chi connectivity index (χ1) is 18.6. The summed E-state index contributed by atoms with van der Waals surface area (Å²) >= 11 is 0. The van der Waals surface area contributed by atoms with Gasteiger partial charge in [0.05, 0.1) is 21.7 Å². The first-order valence-corrected chi connectivity index (χ1v) is 16.6. The molecule has 0 fully saturated rings. The van der Waals surface area contributed by atoms with Crippen molar-refractivity contribution in [3.8, 4) is 11.1 Å². The Morgan fingerprint density at radius 2 is 1.56 bits per heavy atom. The molecule has 208 valence electrons. The molecule has 0 saturated heterocycles. The number of rotatable bonds is 12. The van der Waals surface area contributed by atoms with Crippen LogP contribution in [-0.2, 0) is 23.9 Å². The highest BCUT2D eigenvalue weighted by atomic mass is 28.3. The van der Waals surface area contributed by atoms with Crippen molar-refractivity contribution < 1.29 is 28.7 Å². The number of methoxy groups -OCH3 is 1. The number of ether oxygens (including phenoxy) is 2. The van der Waals surface area contributed by atoms with Crippen molar-refractivity contribution in [2.45, 2.75) is 38.0 Å². The molecular formula is C29H37N3O6Si. The monoisotopic (exact) mass is 551 g/mol. The Kier molecular flexibility index (Phi) is 10.1. The molecule has 1 aliphatic carbocycles. The third-order valence-corrected chi connectivity index (χ3v) is 7.67. The predicted molar refractivity (Wildman–Crippen MR) is 152 cm³/mol. The Bertz CT molecular complexity index is 1180. The smallest absolute Gasteiger partial charge is 0.407 e. The lowest BCUT2D eigenvalue weighted by Gasteiger charge is -2.34. The van der Waals surface area contributed by atoms with E-state index < -0.39 is 38.0 Å². The largest absolute Gasteiger partial charge is 0.467 e. The number of benzene rings is 2. The second-order valence-corrected chi connectivity index (χ2v) is 16.0. The Morgan fingerprint density at radius 3 is 2.10 bits per heavy atom. The van der Waals surface area contributed by atoms with Crippen molar-refractivity contribution in [1.82, 2.24) is 15.5 Å². The molecule has 0 aliphatic heterocycles. The highest BCUT2D eigenvalue weighted by Crippen LogP contribution is 2.44. The molecule has 0 bridgehead atoms. The SMILES string of the molecule is C=CCC(C(=O)OC)N(C[Si](C)(C)C)C(=O)CNC(=O)CNC(=O)OCC1c2ccccc2-c2ccccc21. The fourth-order valence-corrected chi connectivity index (χ4v) is 6.09. The highest BCUT2D eigenvalue weighted by molar-refractivity contribution is 6.76. The second-order valence-electron chi connectivity index (χ2n) is 10.6. The molecule has 10 heteroatoms. The third kappa shape index (κ3) is 7.79. The van der Waals surface area contributed by atoms with Gasteiger partial charge in [-0.05, 0) is 28.7 Å². The summed E-state index contributed by atoms with van der Waals surface area (Å²) in [5.41, 5.74) is 4.42. The zero-order valence-electron chi connectivity index (χ0n) is 23.0. The maximum absolute atomic E-state index is 13.0. The molecule has 0 radical (unpaired) electrons. The summed E-state index contributed by atoms with van der Waals surface area (Å²) in [4.78, 5) is 51.6. The molecular weight excluding hydrogens is 514 g/mol. The van der Waals surface area contributed by atoms with Gasteiger partial charge in [-0.2, -0.15) is 0 Å². The number of nitrogens with zero attached hydrogens (tertiary/aromatic N) is 1. The van der Waals surface area contributed by atoms with Gasteiger partial charge in [-0.25, -0.2) is 9.59 Å².